The van der Waals surface area contributed by atoms with Gasteiger partial charge in [-0.2, -0.15) is 0 Å². The molecule has 0 aliphatic carbocycles. The third-order valence-corrected chi connectivity index (χ3v) is 1.84. The topological polar surface area (TPSA) is 49.3 Å². The van der Waals surface area contributed by atoms with Crippen molar-refractivity contribution in [3.05, 3.63) is 0 Å². The van der Waals surface area contributed by atoms with Crippen molar-refractivity contribution in [2.24, 2.45) is 0 Å². The summed E-state index contributed by atoms with van der Waals surface area (Å²) in [4.78, 5) is 10.6. The summed E-state index contributed by atoms with van der Waals surface area (Å²) in [6, 6.07) is -0.346. The van der Waals surface area contributed by atoms with Crippen molar-refractivity contribution < 1.29 is 9.90 Å². The molecule has 0 saturated heterocycles. The smallest absolute Gasteiger partial charge is 0.320 e. The van der Waals surface area contributed by atoms with Crippen molar-refractivity contribution in [3.63, 3.8) is 0 Å². The highest BCUT2D eigenvalue weighted by Gasteiger charge is 2.14. The second kappa shape index (κ2) is 7.10. The molecule has 0 fully saturated rings. The summed E-state index contributed by atoms with van der Waals surface area (Å²) < 4.78 is 0. The van der Waals surface area contributed by atoms with Crippen molar-refractivity contribution in [2.75, 3.05) is 6.54 Å². The van der Waals surface area contributed by atoms with Crippen molar-refractivity contribution in [1.29, 1.82) is 0 Å². The van der Waals surface area contributed by atoms with Crippen LogP contribution in [-0.2, 0) is 4.79 Å². The lowest BCUT2D eigenvalue weighted by Gasteiger charge is -2.11. The van der Waals surface area contributed by atoms with E-state index in [-0.39, 0.29) is 6.04 Å². The minimum Gasteiger partial charge on any atom is -0.480 e. The summed E-state index contributed by atoms with van der Waals surface area (Å²) in [6.45, 7) is 4.77. The Hall–Kier alpha value is -0.570. The Morgan fingerprint density at radius 3 is 2.50 bits per heavy atom. The number of unbranched alkanes of at least 4 members (excludes halogenated alkanes) is 2. The van der Waals surface area contributed by atoms with E-state index in [9.17, 15) is 4.79 Å². The minimum atomic E-state index is -0.729. The second-order valence-corrected chi connectivity index (χ2v) is 2.94. The molecule has 0 amide bonds. The monoisotopic (exact) mass is 173 g/mol. The molecule has 0 rings (SSSR count). The Bertz CT molecular complexity index is 126. The number of carboxylic acid groups (broad SMARTS) is 1. The SMILES string of the molecule is CCCCCC(NCC)C(=O)O. The van der Waals surface area contributed by atoms with E-state index in [0.29, 0.717) is 0 Å². The molecule has 0 aromatic rings. The van der Waals surface area contributed by atoms with E-state index in [2.05, 4.69) is 12.2 Å². The van der Waals surface area contributed by atoms with Gasteiger partial charge in [-0.15, -0.1) is 0 Å². The van der Waals surface area contributed by atoms with Crippen molar-refractivity contribution in [3.8, 4) is 0 Å². The lowest BCUT2D eigenvalue weighted by atomic mass is 10.1. The number of likely N-dealkylation sites (N-methyl/N-ethyl adjacent to an activating group) is 1. The number of aliphatic carboxylic acids is 1. The third-order valence-electron chi connectivity index (χ3n) is 1.84. The van der Waals surface area contributed by atoms with Crippen LogP contribution < -0.4 is 5.32 Å². The highest BCUT2D eigenvalue weighted by Crippen LogP contribution is 2.03. The molecule has 3 heteroatoms. The fraction of sp³-hybridized carbons (Fsp3) is 0.889. The molecule has 0 aliphatic heterocycles. The normalized spacial score (nSPS) is 12.8. The highest BCUT2D eigenvalue weighted by molar-refractivity contribution is 5.73. The second-order valence-electron chi connectivity index (χ2n) is 2.94. The van der Waals surface area contributed by atoms with Crippen LogP contribution in [0.3, 0.4) is 0 Å². The molecule has 72 valence electrons. The van der Waals surface area contributed by atoms with Gasteiger partial charge in [0.2, 0.25) is 0 Å². The van der Waals surface area contributed by atoms with Crippen molar-refractivity contribution >= 4 is 5.97 Å². The van der Waals surface area contributed by atoms with Gasteiger partial charge in [0.15, 0.2) is 0 Å². The van der Waals surface area contributed by atoms with E-state index in [1.807, 2.05) is 6.92 Å². The van der Waals surface area contributed by atoms with Crippen molar-refractivity contribution in [1.82, 2.24) is 5.32 Å². The Morgan fingerprint density at radius 2 is 2.08 bits per heavy atom. The van der Waals surface area contributed by atoms with E-state index in [1.165, 1.54) is 0 Å². The Morgan fingerprint density at radius 1 is 1.42 bits per heavy atom. The maximum absolute atomic E-state index is 10.6. The molecular weight excluding hydrogens is 154 g/mol. The molecule has 12 heavy (non-hydrogen) atoms. The Kier molecular flexibility index (Phi) is 6.76. The van der Waals surface area contributed by atoms with Crippen LogP contribution in [0.25, 0.3) is 0 Å². The van der Waals surface area contributed by atoms with Crippen LogP contribution in [0.15, 0.2) is 0 Å². The lowest BCUT2D eigenvalue weighted by molar-refractivity contribution is -0.139. The molecule has 0 aromatic carbocycles. The summed E-state index contributed by atoms with van der Waals surface area (Å²) >= 11 is 0. The molecular formula is C9H19NO2. The largest absolute Gasteiger partial charge is 0.480 e. The van der Waals surface area contributed by atoms with E-state index < -0.39 is 5.97 Å². The van der Waals surface area contributed by atoms with Gasteiger partial charge in [-0.25, -0.2) is 0 Å². The first-order valence-corrected chi connectivity index (χ1v) is 4.68. The van der Waals surface area contributed by atoms with E-state index >= 15 is 0 Å². The Labute approximate surface area is 74.2 Å². The van der Waals surface area contributed by atoms with Gasteiger partial charge in [0.05, 0.1) is 0 Å². The molecule has 2 N–H and O–H groups in total. The van der Waals surface area contributed by atoms with Gasteiger partial charge in [-0.3, -0.25) is 4.79 Å². The fourth-order valence-corrected chi connectivity index (χ4v) is 1.16. The molecule has 0 heterocycles. The first-order valence-electron chi connectivity index (χ1n) is 4.68. The minimum absolute atomic E-state index is 0.346. The molecule has 3 nitrogen and oxygen atoms in total. The van der Waals surface area contributed by atoms with E-state index in [4.69, 9.17) is 5.11 Å². The number of rotatable bonds is 7. The summed E-state index contributed by atoms with van der Waals surface area (Å²) in [5.41, 5.74) is 0. The quantitative estimate of drug-likeness (QED) is 0.575. The van der Waals surface area contributed by atoms with Crippen molar-refractivity contribution in [2.45, 2.75) is 45.6 Å². The first-order chi connectivity index (χ1) is 5.72. The molecule has 0 radical (unpaired) electrons. The molecule has 1 atom stereocenters. The standard InChI is InChI=1S/C9H19NO2/c1-3-5-6-7-8(9(11)12)10-4-2/h8,10H,3-7H2,1-2H3,(H,11,12). The molecule has 0 aliphatic rings. The van der Waals surface area contributed by atoms with Crippen LogP contribution in [0.1, 0.15) is 39.5 Å². The van der Waals surface area contributed by atoms with Crippen LogP contribution >= 0.6 is 0 Å². The molecule has 0 spiro atoms. The molecule has 0 bridgehead atoms. The fourth-order valence-electron chi connectivity index (χ4n) is 1.16. The molecule has 0 aromatic heterocycles. The zero-order valence-electron chi connectivity index (χ0n) is 7.97. The number of carboxylic acids is 1. The van der Waals surface area contributed by atoms with Gasteiger partial charge in [0, 0.05) is 0 Å². The number of nitrogens with one attached hydrogen (secondary N) is 1. The first kappa shape index (κ1) is 11.4. The van der Waals surface area contributed by atoms with Crippen LogP contribution in [0, 0.1) is 0 Å². The van der Waals surface area contributed by atoms with E-state index in [0.717, 1.165) is 32.2 Å². The number of hydrogen-bond donors (Lipinski definition) is 2. The molecule has 0 saturated carbocycles. The summed E-state index contributed by atoms with van der Waals surface area (Å²) in [6.07, 6.45) is 4.01. The summed E-state index contributed by atoms with van der Waals surface area (Å²) in [5, 5.41) is 11.7. The van der Waals surface area contributed by atoms with Crippen LogP contribution in [0.2, 0.25) is 0 Å². The summed E-state index contributed by atoms with van der Waals surface area (Å²) in [5.74, 6) is -0.729. The number of hydrogen-bond acceptors (Lipinski definition) is 2. The zero-order valence-corrected chi connectivity index (χ0v) is 7.97. The highest BCUT2D eigenvalue weighted by atomic mass is 16.4. The Balaban J connectivity index is 3.56. The average Bonchev–Trinajstić information content (AvgIpc) is 2.03. The summed E-state index contributed by atoms with van der Waals surface area (Å²) in [7, 11) is 0. The van der Waals surface area contributed by atoms with Gasteiger partial charge in [-0.1, -0.05) is 33.1 Å². The van der Waals surface area contributed by atoms with Gasteiger partial charge in [-0.05, 0) is 13.0 Å². The zero-order chi connectivity index (χ0) is 9.40. The van der Waals surface area contributed by atoms with Crippen LogP contribution in [-0.4, -0.2) is 23.7 Å². The van der Waals surface area contributed by atoms with Crippen LogP contribution in [0.5, 0.6) is 0 Å². The third kappa shape index (κ3) is 5.13. The maximum Gasteiger partial charge on any atom is 0.320 e. The predicted molar refractivity (Wildman–Crippen MR) is 49.2 cm³/mol. The predicted octanol–water partition coefficient (Wildman–Crippen LogP) is 1.63. The van der Waals surface area contributed by atoms with Crippen LogP contribution in [0.4, 0.5) is 0 Å². The van der Waals surface area contributed by atoms with Gasteiger partial charge in [0.1, 0.15) is 6.04 Å². The number of carbonyl (C=O) groups is 1. The van der Waals surface area contributed by atoms with Gasteiger partial charge < -0.3 is 10.4 Å². The van der Waals surface area contributed by atoms with Gasteiger partial charge in [0.25, 0.3) is 0 Å². The van der Waals surface area contributed by atoms with Gasteiger partial charge >= 0.3 is 5.97 Å². The lowest BCUT2D eigenvalue weighted by Crippen LogP contribution is -2.36. The van der Waals surface area contributed by atoms with E-state index in [1.54, 1.807) is 0 Å². The average molecular weight is 173 g/mol. The maximum atomic E-state index is 10.6. The molecule has 1 unspecified atom stereocenters.